The van der Waals surface area contributed by atoms with E-state index in [1.165, 1.54) is 17.3 Å². The number of rotatable bonds is 4. The van der Waals surface area contributed by atoms with Crippen LogP contribution in [0, 0.1) is 5.41 Å². The van der Waals surface area contributed by atoms with Crippen LogP contribution in [0.4, 0.5) is 5.82 Å². The molecule has 3 aromatic rings. The lowest BCUT2D eigenvalue weighted by molar-refractivity contribution is -0.120. The third kappa shape index (κ3) is 4.83. The van der Waals surface area contributed by atoms with E-state index >= 15 is 0 Å². The normalized spacial score (nSPS) is 20.5. The largest absolute Gasteiger partial charge is 0.364 e. The van der Waals surface area contributed by atoms with Crippen LogP contribution < -0.4 is 11.1 Å². The third-order valence-corrected chi connectivity index (χ3v) is 7.19. The first-order valence-electron chi connectivity index (χ1n) is 11.4. The Kier molecular flexibility index (Phi) is 7.02. The van der Waals surface area contributed by atoms with Crippen molar-refractivity contribution in [2.45, 2.75) is 38.5 Å². The molecular weight excluding hydrogens is 458 g/mol. The molecule has 2 amide bonds. The lowest BCUT2D eigenvalue weighted by Gasteiger charge is -2.19. The zero-order valence-corrected chi connectivity index (χ0v) is 20.5. The van der Waals surface area contributed by atoms with Crippen molar-refractivity contribution in [3.63, 3.8) is 0 Å². The van der Waals surface area contributed by atoms with Gasteiger partial charge in [-0.25, -0.2) is 9.97 Å². The molecule has 2 aromatic heterocycles. The van der Waals surface area contributed by atoms with E-state index in [0.717, 1.165) is 28.1 Å². The number of nitrogens with one attached hydrogen (secondary N) is 2. The Morgan fingerprint density at radius 1 is 1.20 bits per heavy atom. The van der Waals surface area contributed by atoms with E-state index in [9.17, 15) is 9.59 Å². The molecule has 0 radical (unpaired) electrons. The lowest BCUT2D eigenvalue weighted by Crippen LogP contribution is -2.31. The molecule has 178 valence electrons. The van der Waals surface area contributed by atoms with Crippen molar-refractivity contribution in [1.82, 2.24) is 9.97 Å². The molecule has 3 heterocycles. The maximum absolute atomic E-state index is 12.5. The van der Waals surface area contributed by atoms with Crippen LogP contribution in [0.15, 0.2) is 77.3 Å². The number of aryl methyl sites for hydroxylation is 1. The zero-order valence-electron chi connectivity index (χ0n) is 19.7. The van der Waals surface area contributed by atoms with Crippen LogP contribution in [0.1, 0.15) is 37.9 Å². The van der Waals surface area contributed by atoms with E-state index in [0.29, 0.717) is 18.7 Å². The van der Waals surface area contributed by atoms with Crippen molar-refractivity contribution >= 4 is 34.7 Å². The first-order chi connectivity index (χ1) is 16.9. The predicted molar refractivity (Wildman–Crippen MR) is 139 cm³/mol. The van der Waals surface area contributed by atoms with E-state index in [1.807, 2.05) is 43.3 Å². The molecule has 0 saturated heterocycles. The number of benzene rings is 1. The van der Waals surface area contributed by atoms with Crippen LogP contribution >= 0.6 is 11.3 Å². The number of thiazole rings is 1. The number of nitrogens with zero attached hydrogens (tertiary/aromatic N) is 2. The summed E-state index contributed by atoms with van der Waals surface area (Å²) in [6, 6.07) is 14.0. The van der Waals surface area contributed by atoms with Gasteiger partial charge in [0.05, 0.1) is 11.1 Å². The monoisotopic (exact) mass is 485 g/mol. The van der Waals surface area contributed by atoms with E-state index in [1.54, 1.807) is 17.5 Å². The summed E-state index contributed by atoms with van der Waals surface area (Å²) in [5.74, 6) is -0.273. The topological polar surface area (TPSA) is 122 Å². The maximum atomic E-state index is 12.5. The third-order valence-electron chi connectivity index (χ3n) is 6.25. The van der Waals surface area contributed by atoms with Gasteiger partial charge in [-0.2, -0.15) is 0 Å². The second-order valence-corrected chi connectivity index (χ2v) is 9.27. The van der Waals surface area contributed by atoms with E-state index in [-0.39, 0.29) is 11.6 Å². The Bertz CT molecular complexity index is 1340. The average molecular weight is 486 g/mol. The first kappa shape index (κ1) is 24.2. The summed E-state index contributed by atoms with van der Waals surface area (Å²) < 4.78 is 0. The molecule has 7 nitrogen and oxygen atoms in total. The van der Waals surface area contributed by atoms with Crippen LogP contribution in [0.25, 0.3) is 10.6 Å². The Balaban J connectivity index is 0.000000189. The number of primary amides is 1. The number of carbonyl (C=O) groups is 2. The smallest absolute Gasteiger partial charge is 0.266 e. The highest BCUT2D eigenvalue weighted by atomic mass is 32.1. The molecule has 1 aliphatic carbocycles. The van der Waals surface area contributed by atoms with Gasteiger partial charge in [0, 0.05) is 22.7 Å². The number of allylic oxidation sites excluding steroid dienone is 3. The second-order valence-electron chi connectivity index (χ2n) is 8.41. The van der Waals surface area contributed by atoms with Crippen LogP contribution in [-0.2, 0) is 21.4 Å². The fourth-order valence-corrected chi connectivity index (χ4v) is 5.30. The molecule has 35 heavy (non-hydrogen) atoms. The molecule has 1 fully saturated rings. The summed E-state index contributed by atoms with van der Waals surface area (Å²) in [7, 11) is 0. The number of aromatic nitrogens is 2. The van der Waals surface area contributed by atoms with Gasteiger partial charge in [0.2, 0.25) is 5.91 Å². The minimum atomic E-state index is -0.776. The fourth-order valence-electron chi connectivity index (χ4n) is 4.39. The van der Waals surface area contributed by atoms with Crippen molar-refractivity contribution < 1.29 is 9.59 Å². The first-order valence-corrected chi connectivity index (χ1v) is 12.3. The number of hydrogen-bond acceptors (Lipinski definition) is 6. The highest BCUT2D eigenvalue weighted by Crippen LogP contribution is 2.52. The molecule has 1 spiro atoms. The summed E-state index contributed by atoms with van der Waals surface area (Å²) >= 11 is 1.72. The van der Waals surface area contributed by atoms with E-state index in [4.69, 9.17) is 11.1 Å². The quantitative estimate of drug-likeness (QED) is 0.459. The summed E-state index contributed by atoms with van der Waals surface area (Å²) in [6.45, 7) is 4.01. The van der Waals surface area contributed by atoms with Crippen LogP contribution in [0.3, 0.4) is 0 Å². The van der Waals surface area contributed by atoms with E-state index < -0.39 is 11.3 Å². The molecule has 5 rings (SSSR count). The van der Waals surface area contributed by atoms with Crippen molar-refractivity contribution in [2.75, 3.05) is 5.32 Å². The van der Waals surface area contributed by atoms with Gasteiger partial charge in [-0.05, 0) is 49.5 Å². The second kappa shape index (κ2) is 10.1. The Labute approximate surface area is 208 Å². The number of amides is 2. The Hall–Kier alpha value is -3.91. The lowest BCUT2D eigenvalue weighted by atomic mass is 9.80. The fraction of sp³-hybridized carbons (Fsp3) is 0.222. The van der Waals surface area contributed by atoms with Crippen LogP contribution in [0.5, 0.6) is 0 Å². The van der Waals surface area contributed by atoms with Gasteiger partial charge in [0.15, 0.2) is 0 Å². The molecule has 2 aliphatic rings. The predicted octanol–water partition coefficient (Wildman–Crippen LogP) is 4.82. The van der Waals surface area contributed by atoms with Gasteiger partial charge >= 0.3 is 0 Å². The van der Waals surface area contributed by atoms with Gasteiger partial charge < -0.3 is 11.1 Å². The van der Waals surface area contributed by atoms with Crippen molar-refractivity contribution in [2.24, 2.45) is 5.73 Å². The minimum Gasteiger partial charge on any atom is -0.364 e. The summed E-state index contributed by atoms with van der Waals surface area (Å²) in [6.07, 6.45) is 7.01. The maximum Gasteiger partial charge on any atom is 0.266 e. The highest BCUT2D eigenvalue weighted by molar-refractivity contribution is 7.13. The van der Waals surface area contributed by atoms with Crippen LogP contribution in [-0.4, -0.2) is 27.5 Å². The molecule has 1 aliphatic heterocycles. The molecule has 1 unspecified atom stereocenters. The number of hydrogen-bond donors (Lipinski definition) is 3. The van der Waals surface area contributed by atoms with Crippen molar-refractivity contribution in [3.05, 3.63) is 88.6 Å². The summed E-state index contributed by atoms with van der Waals surface area (Å²) in [4.78, 5) is 32.4. The summed E-state index contributed by atoms with van der Waals surface area (Å²) in [5.41, 5.74) is 9.21. The minimum absolute atomic E-state index is 0.0884. The Morgan fingerprint density at radius 2 is 1.94 bits per heavy atom. The van der Waals surface area contributed by atoms with Gasteiger partial charge in [0.1, 0.15) is 16.5 Å². The molecule has 4 N–H and O–H groups in total. The van der Waals surface area contributed by atoms with Gasteiger partial charge in [-0.3, -0.25) is 15.0 Å². The van der Waals surface area contributed by atoms with E-state index in [2.05, 4.69) is 39.7 Å². The number of carbonyl (C=O) groups excluding carboxylic acids is 2. The Morgan fingerprint density at radius 3 is 2.60 bits per heavy atom. The number of anilines is 1. The van der Waals surface area contributed by atoms with Crippen LogP contribution in [0.2, 0.25) is 0 Å². The van der Waals surface area contributed by atoms with Gasteiger partial charge in [-0.15, -0.1) is 11.3 Å². The van der Waals surface area contributed by atoms with Gasteiger partial charge in [0.25, 0.3) is 5.91 Å². The van der Waals surface area contributed by atoms with Crippen molar-refractivity contribution in [3.8, 4) is 10.6 Å². The molecule has 1 atom stereocenters. The number of pyridine rings is 1. The highest BCUT2D eigenvalue weighted by Gasteiger charge is 2.52. The molecule has 1 aromatic carbocycles. The number of nitrogens with two attached hydrogens (primary N) is 1. The summed E-state index contributed by atoms with van der Waals surface area (Å²) in [5, 5.41) is 13.7. The molecular formula is C27H27N5O2S. The molecule has 0 bridgehead atoms. The average Bonchev–Trinajstić information content (AvgIpc) is 3.57. The molecule has 8 heteroatoms. The molecule has 1 saturated carbocycles. The zero-order chi connectivity index (χ0) is 25.0. The standard InChI is InChI=1S/C16H16N4O2.C11H11NS/c1-2-9-7-16(8-10(9)6-12(17)13(18)21)11-4-3-5-19-14(11)20-15(16)22;1-2-10-8-13-11(12-10)9-6-4-3-5-7-9/h2-6,17H,7-8H2,1H3,(H2,18,21)(H,19,20,22);3-8H,2H2,1H3/b9-2-,10-6-,17-12?;. The SMILES string of the molecule is C/C=C1/CC2(C/C1=C/C(=N)C(N)=O)C(=O)Nc1ncccc12.CCc1csc(-c2ccccc2)n1. The van der Waals surface area contributed by atoms with Gasteiger partial charge in [-0.1, -0.05) is 49.4 Å². The number of fused-ring (bicyclic) bond motifs is 2. The van der Waals surface area contributed by atoms with Crippen molar-refractivity contribution in [1.29, 1.82) is 5.41 Å².